The van der Waals surface area contributed by atoms with Gasteiger partial charge in [0.25, 0.3) is 11.0 Å². The minimum absolute atomic E-state index is 0.248. The SMILES string of the molecule is Cc1cc(-c2ccco2)c(C(=O)C(=O)Cl)n1C. The van der Waals surface area contributed by atoms with Crippen LogP contribution >= 0.6 is 11.6 Å². The molecule has 0 aromatic carbocycles. The highest BCUT2D eigenvalue weighted by molar-refractivity contribution is 6.83. The van der Waals surface area contributed by atoms with Crippen molar-refractivity contribution in [1.82, 2.24) is 4.57 Å². The van der Waals surface area contributed by atoms with Crippen LogP contribution in [-0.2, 0) is 11.8 Å². The van der Waals surface area contributed by atoms with E-state index in [0.29, 0.717) is 11.3 Å². The zero-order valence-electron chi connectivity index (χ0n) is 9.36. The van der Waals surface area contributed by atoms with Crippen molar-refractivity contribution in [2.24, 2.45) is 7.05 Å². The van der Waals surface area contributed by atoms with Gasteiger partial charge in [0.2, 0.25) is 0 Å². The molecule has 0 radical (unpaired) electrons. The first-order valence-corrected chi connectivity index (χ1v) is 5.34. The number of furan rings is 1. The van der Waals surface area contributed by atoms with Crippen LogP contribution in [0.5, 0.6) is 0 Å². The van der Waals surface area contributed by atoms with E-state index in [2.05, 4.69) is 0 Å². The molecule has 5 heteroatoms. The Bertz CT molecular complexity index is 581. The summed E-state index contributed by atoms with van der Waals surface area (Å²) in [5.74, 6) is -0.191. The first-order valence-electron chi connectivity index (χ1n) is 4.96. The summed E-state index contributed by atoms with van der Waals surface area (Å²) in [6.07, 6.45) is 1.51. The molecule has 4 nitrogen and oxygen atoms in total. The minimum Gasteiger partial charge on any atom is -0.464 e. The average Bonchev–Trinajstić information content (AvgIpc) is 2.87. The topological polar surface area (TPSA) is 52.2 Å². The first kappa shape index (κ1) is 11.7. The number of aryl methyl sites for hydroxylation is 1. The Morgan fingerprint density at radius 1 is 1.41 bits per heavy atom. The lowest BCUT2D eigenvalue weighted by Crippen LogP contribution is -2.13. The van der Waals surface area contributed by atoms with Gasteiger partial charge in [0.1, 0.15) is 11.5 Å². The van der Waals surface area contributed by atoms with Crippen molar-refractivity contribution in [1.29, 1.82) is 0 Å². The second-order valence-corrected chi connectivity index (χ2v) is 4.03. The van der Waals surface area contributed by atoms with E-state index in [4.69, 9.17) is 16.0 Å². The minimum atomic E-state index is -1.00. The normalized spacial score (nSPS) is 10.5. The maximum absolute atomic E-state index is 11.8. The van der Waals surface area contributed by atoms with Crippen molar-refractivity contribution in [3.05, 3.63) is 35.9 Å². The lowest BCUT2D eigenvalue weighted by molar-refractivity contribution is -0.108. The predicted molar refractivity (Wildman–Crippen MR) is 63.0 cm³/mol. The van der Waals surface area contributed by atoms with Gasteiger partial charge < -0.3 is 8.98 Å². The summed E-state index contributed by atoms with van der Waals surface area (Å²) in [6.45, 7) is 1.84. The van der Waals surface area contributed by atoms with Crippen LogP contribution in [-0.4, -0.2) is 15.6 Å². The number of nitrogens with zero attached hydrogens (tertiary/aromatic N) is 1. The molecule has 0 N–H and O–H groups in total. The largest absolute Gasteiger partial charge is 0.464 e. The molecule has 0 bridgehead atoms. The van der Waals surface area contributed by atoms with Crippen molar-refractivity contribution in [2.45, 2.75) is 6.92 Å². The van der Waals surface area contributed by atoms with E-state index in [9.17, 15) is 9.59 Å². The molecule has 2 aromatic rings. The first-order chi connectivity index (χ1) is 8.02. The van der Waals surface area contributed by atoms with Gasteiger partial charge in [0.05, 0.1) is 6.26 Å². The van der Waals surface area contributed by atoms with Crippen molar-refractivity contribution in [3.63, 3.8) is 0 Å². The molecule has 88 valence electrons. The third kappa shape index (κ3) is 1.91. The number of carbonyl (C=O) groups excluding carboxylic acids is 2. The average molecular weight is 252 g/mol. The summed E-state index contributed by atoms with van der Waals surface area (Å²) in [5, 5.41) is -1.00. The molecule has 0 unspecified atom stereocenters. The number of rotatable bonds is 3. The highest BCUT2D eigenvalue weighted by Crippen LogP contribution is 2.27. The monoisotopic (exact) mass is 251 g/mol. The fourth-order valence-corrected chi connectivity index (χ4v) is 1.81. The lowest BCUT2D eigenvalue weighted by Gasteiger charge is -2.03. The van der Waals surface area contributed by atoms with Crippen LogP contribution in [0.25, 0.3) is 11.3 Å². The van der Waals surface area contributed by atoms with Gasteiger partial charge in [-0.2, -0.15) is 0 Å². The smallest absolute Gasteiger partial charge is 0.294 e. The zero-order chi connectivity index (χ0) is 12.6. The third-order valence-electron chi connectivity index (χ3n) is 2.65. The summed E-state index contributed by atoms with van der Waals surface area (Å²) in [6, 6.07) is 5.23. The Balaban J connectivity index is 2.65. The molecule has 0 saturated heterocycles. The molecule has 0 atom stereocenters. The second-order valence-electron chi connectivity index (χ2n) is 3.69. The standard InChI is InChI=1S/C12H10ClNO3/c1-7-6-8(9-4-3-5-17-9)10(14(7)2)11(15)12(13)16/h3-6H,1-2H3. The van der Waals surface area contributed by atoms with Crippen LogP contribution in [0.2, 0.25) is 0 Å². The van der Waals surface area contributed by atoms with Gasteiger partial charge in [-0.3, -0.25) is 9.59 Å². The van der Waals surface area contributed by atoms with Gasteiger partial charge >= 0.3 is 0 Å². The van der Waals surface area contributed by atoms with Gasteiger partial charge in [-0.15, -0.1) is 0 Å². The highest BCUT2D eigenvalue weighted by Gasteiger charge is 2.24. The maximum atomic E-state index is 11.8. The maximum Gasteiger partial charge on any atom is 0.294 e. The van der Waals surface area contributed by atoms with Gasteiger partial charge in [-0.05, 0) is 36.7 Å². The summed E-state index contributed by atoms with van der Waals surface area (Å²) >= 11 is 5.24. The fourth-order valence-electron chi connectivity index (χ4n) is 1.72. The summed E-state index contributed by atoms with van der Waals surface area (Å²) in [5.41, 5.74) is 1.67. The third-order valence-corrected chi connectivity index (χ3v) is 2.82. The second kappa shape index (κ2) is 4.22. The molecule has 0 saturated carbocycles. The summed E-state index contributed by atoms with van der Waals surface area (Å²) in [4.78, 5) is 22.8. The van der Waals surface area contributed by atoms with Crippen molar-refractivity contribution in [2.75, 3.05) is 0 Å². The Morgan fingerprint density at radius 2 is 2.12 bits per heavy atom. The number of halogens is 1. The van der Waals surface area contributed by atoms with Crippen LogP contribution in [0, 0.1) is 6.92 Å². The molecule has 2 rings (SSSR count). The molecule has 0 fully saturated rings. The van der Waals surface area contributed by atoms with E-state index in [-0.39, 0.29) is 5.69 Å². The van der Waals surface area contributed by atoms with Crippen LogP contribution in [0.1, 0.15) is 16.2 Å². The van der Waals surface area contributed by atoms with Crippen LogP contribution in [0.3, 0.4) is 0 Å². The molecule has 17 heavy (non-hydrogen) atoms. The van der Waals surface area contributed by atoms with Gasteiger partial charge in [-0.25, -0.2) is 0 Å². The van der Waals surface area contributed by atoms with E-state index in [0.717, 1.165) is 5.69 Å². The van der Waals surface area contributed by atoms with Crippen molar-refractivity contribution < 1.29 is 14.0 Å². The number of carbonyl (C=O) groups is 2. The van der Waals surface area contributed by atoms with E-state index in [1.807, 2.05) is 6.92 Å². The van der Waals surface area contributed by atoms with Gasteiger partial charge in [-0.1, -0.05) is 0 Å². The Labute approximate surface area is 103 Å². The number of aromatic nitrogens is 1. The Morgan fingerprint density at radius 3 is 2.65 bits per heavy atom. The van der Waals surface area contributed by atoms with Crippen molar-refractivity contribution in [3.8, 4) is 11.3 Å². The quantitative estimate of drug-likeness (QED) is 0.479. The highest BCUT2D eigenvalue weighted by atomic mass is 35.5. The molecule has 0 aliphatic heterocycles. The predicted octanol–water partition coefficient (Wildman–Crippen LogP) is 2.54. The van der Waals surface area contributed by atoms with Crippen molar-refractivity contribution >= 4 is 22.6 Å². The molecule has 2 aromatic heterocycles. The van der Waals surface area contributed by atoms with Crippen LogP contribution in [0.4, 0.5) is 0 Å². The number of Topliss-reactive ketones (excluding diaryl/α,β-unsaturated/α-hetero) is 1. The summed E-state index contributed by atoms with van der Waals surface area (Å²) < 4.78 is 6.86. The number of hydrogen-bond donors (Lipinski definition) is 0. The molecular weight excluding hydrogens is 242 g/mol. The molecular formula is C12H10ClNO3. The number of hydrogen-bond acceptors (Lipinski definition) is 3. The molecule has 0 spiro atoms. The Hall–Kier alpha value is -1.81. The van der Waals surface area contributed by atoms with E-state index in [1.165, 1.54) is 6.26 Å². The van der Waals surface area contributed by atoms with E-state index in [1.54, 1.807) is 29.8 Å². The molecule has 0 amide bonds. The molecule has 2 heterocycles. The summed E-state index contributed by atoms with van der Waals surface area (Å²) in [7, 11) is 1.70. The Kier molecular flexibility index (Phi) is 2.90. The van der Waals surface area contributed by atoms with Gasteiger partial charge in [0.15, 0.2) is 0 Å². The number of ketones is 1. The van der Waals surface area contributed by atoms with Gasteiger partial charge in [0, 0.05) is 18.3 Å². The molecule has 0 aliphatic carbocycles. The lowest BCUT2D eigenvalue weighted by atomic mass is 10.1. The fraction of sp³-hybridized carbons (Fsp3) is 0.167. The van der Waals surface area contributed by atoms with Crippen LogP contribution in [0.15, 0.2) is 28.9 Å². The van der Waals surface area contributed by atoms with E-state index < -0.39 is 11.0 Å². The van der Waals surface area contributed by atoms with Crippen LogP contribution < -0.4 is 0 Å². The zero-order valence-corrected chi connectivity index (χ0v) is 10.1. The molecule has 0 aliphatic rings. The van der Waals surface area contributed by atoms with E-state index >= 15 is 0 Å².